The van der Waals surface area contributed by atoms with Gasteiger partial charge in [0.15, 0.2) is 0 Å². The first kappa shape index (κ1) is 14.9. The van der Waals surface area contributed by atoms with Crippen LogP contribution >= 0.6 is 0 Å². The van der Waals surface area contributed by atoms with E-state index in [4.69, 9.17) is 11.5 Å². The molecule has 0 heterocycles. The zero-order valence-electron chi connectivity index (χ0n) is 11.6. The Hall–Kier alpha value is -2.48. The Balaban J connectivity index is 1.85. The minimum atomic E-state index is -0.776. The summed E-state index contributed by atoms with van der Waals surface area (Å²) < 4.78 is 0. The first-order valence-electron chi connectivity index (χ1n) is 6.94. The molecule has 1 aromatic rings. The van der Waals surface area contributed by atoms with E-state index in [-0.39, 0.29) is 17.9 Å². The topological polar surface area (TPSA) is 78.4 Å². The van der Waals surface area contributed by atoms with Crippen LogP contribution in [-0.4, -0.2) is 23.7 Å². The van der Waals surface area contributed by atoms with Gasteiger partial charge in [0, 0.05) is 17.8 Å². The number of carboxylic acid groups (broad SMARTS) is 1. The van der Waals surface area contributed by atoms with Crippen LogP contribution in [0.5, 0.6) is 0 Å². The fraction of sp³-hybridized carbons (Fsp3) is 0.375. The summed E-state index contributed by atoms with van der Waals surface area (Å²) in [5.41, 5.74) is 1.30. The molecule has 2 amide bonds. The highest BCUT2D eigenvalue weighted by Crippen LogP contribution is 2.31. The highest BCUT2D eigenvalue weighted by atomic mass is 16.4. The maximum absolute atomic E-state index is 11.8. The number of carbonyl (C=O) groups is 2. The molecule has 5 heteroatoms. The SMILES string of the molecule is C#Cc1cccc(NC(=O)NCC2CCCC2C(=O)O)c1. The molecule has 0 bridgehead atoms. The smallest absolute Gasteiger partial charge is 0.319 e. The summed E-state index contributed by atoms with van der Waals surface area (Å²) in [6.45, 7) is 0.373. The number of carbonyl (C=O) groups excluding carboxylic acids is 1. The first-order valence-corrected chi connectivity index (χ1v) is 6.94. The number of nitrogens with one attached hydrogen (secondary N) is 2. The average molecular weight is 286 g/mol. The van der Waals surface area contributed by atoms with E-state index in [1.165, 1.54) is 0 Å². The number of benzene rings is 1. The van der Waals surface area contributed by atoms with Crippen LogP contribution in [0.2, 0.25) is 0 Å². The lowest BCUT2D eigenvalue weighted by molar-refractivity contribution is -0.142. The molecule has 2 atom stereocenters. The van der Waals surface area contributed by atoms with Gasteiger partial charge in [0.25, 0.3) is 0 Å². The molecule has 0 spiro atoms. The summed E-state index contributed by atoms with van der Waals surface area (Å²) in [6.07, 6.45) is 7.72. The third kappa shape index (κ3) is 3.99. The van der Waals surface area contributed by atoms with Crippen molar-refractivity contribution < 1.29 is 14.7 Å². The van der Waals surface area contributed by atoms with Crippen LogP contribution in [0.4, 0.5) is 10.5 Å². The van der Waals surface area contributed by atoms with Crippen molar-refractivity contribution in [2.45, 2.75) is 19.3 Å². The molecule has 3 N–H and O–H groups in total. The Morgan fingerprint density at radius 2 is 2.19 bits per heavy atom. The molecule has 1 aromatic carbocycles. The van der Waals surface area contributed by atoms with Crippen LogP contribution in [0, 0.1) is 24.2 Å². The van der Waals surface area contributed by atoms with Crippen molar-refractivity contribution in [3.05, 3.63) is 29.8 Å². The molecule has 1 fully saturated rings. The fourth-order valence-electron chi connectivity index (χ4n) is 2.69. The Bertz CT molecular complexity index is 577. The first-order chi connectivity index (χ1) is 10.1. The van der Waals surface area contributed by atoms with Gasteiger partial charge in [-0.25, -0.2) is 4.79 Å². The quantitative estimate of drug-likeness (QED) is 0.743. The van der Waals surface area contributed by atoms with Gasteiger partial charge in [-0.15, -0.1) is 6.42 Å². The molecule has 21 heavy (non-hydrogen) atoms. The molecule has 5 nitrogen and oxygen atoms in total. The molecule has 0 saturated heterocycles. The Kier molecular flexibility index (Phi) is 4.83. The lowest BCUT2D eigenvalue weighted by atomic mass is 9.96. The number of carboxylic acids is 1. The van der Waals surface area contributed by atoms with Crippen molar-refractivity contribution in [2.75, 3.05) is 11.9 Å². The molecule has 110 valence electrons. The third-order valence-corrected chi connectivity index (χ3v) is 3.79. The van der Waals surface area contributed by atoms with Gasteiger partial charge in [-0.05, 0) is 37.0 Å². The number of amides is 2. The normalized spacial score (nSPS) is 20.5. The highest BCUT2D eigenvalue weighted by Gasteiger charge is 2.32. The maximum Gasteiger partial charge on any atom is 0.319 e. The molecular weight excluding hydrogens is 268 g/mol. The summed E-state index contributed by atoms with van der Waals surface area (Å²) in [5, 5.41) is 14.5. The number of anilines is 1. The van der Waals surface area contributed by atoms with Gasteiger partial charge in [0.05, 0.1) is 5.92 Å². The van der Waals surface area contributed by atoms with Gasteiger partial charge in [-0.1, -0.05) is 18.4 Å². The van der Waals surface area contributed by atoms with Crippen LogP contribution in [0.3, 0.4) is 0 Å². The van der Waals surface area contributed by atoms with Crippen LogP contribution in [0.15, 0.2) is 24.3 Å². The van der Waals surface area contributed by atoms with E-state index in [2.05, 4.69) is 16.6 Å². The third-order valence-electron chi connectivity index (χ3n) is 3.79. The monoisotopic (exact) mass is 286 g/mol. The van der Waals surface area contributed by atoms with Crippen LogP contribution < -0.4 is 10.6 Å². The summed E-state index contributed by atoms with van der Waals surface area (Å²) in [4.78, 5) is 22.9. The van der Waals surface area contributed by atoms with Crippen molar-refractivity contribution >= 4 is 17.7 Å². The summed E-state index contributed by atoms with van der Waals surface area (Å²) in [7, 11) is 0. The standard InChI is InChI=1S/C16H18N2O3/c1-2-11-5-3-7-13(9-11)18-16(21)17-10-12-6-4-8-14(12)15(19)20/h1,3,5,7,9,12,14H,4,6,8,10H2,(H,19,20)(H2,17,18,21). The van der Waals surface area contributed by atoms with Crippen LogP contribution in [0.1, 0.15) is 24.8 Å². The second-order valence-corrected chi connectivity index (χ2v) is 5.20. The number of hydrogen-bond acceptors (Lipinski definition) is 2. The van der Waals surface area contributed by atoms with E-state index in [0.717, 1.165) is 12.8 Å². The number of hydrogen-bond donors (Lipinski definition) is 3. The van der Waals surface area contributed by atoms with E-state index in [0.29, 0.717) is 24.2 Å². The van der Waals surface area contributed by atoms with E-state index < -0.39 is 5.97 Å². The Morgan fingerprint density at radius 1 is 1.38 bits per heavy atom. The summed E-state index contributed by atoms with van der Waals surface area (Å²) in [6, 6.07) is 6.65. The van der Waals surface area contributed by atoms with Gasteiger partial charge in [0.1, 0.15) is 0 Å². The van der Waals surface area contributed by atoms with E-state index in [9.17, 15) is 9.59 Å². The zero-order valence-corrected chi connectivity index (χ0v) is 11.6. The van der Waals surface area contributed by atoms with E-state index >= 15 is 0 Å². The lowest BCUT2D eigenvalue weighted by Crippen LogP contribution is -2.35. The number of urea groups is 1. The maximum atomic E-state index is 11.8. The summed E-state index contributed by atoms with van der Waals surface area (Å²) >= 11 is 0. The van der Waals surface area contributed by atoms with Gasteiger partial charge in [0.2, 0.25) is 0 Å². The predicted octanol–water partition coefficient (Wildman–Crippen LogP) is 2.29. The Labute approximate surface area is 123 Å². The molecule has 1 saturated carbocycles. The molecule has 0 aromatic heterocycles. The van der Waals surface area contributed by atoms with E-state index in [1.54, 1.807) is 24.3 Å². The van der Waals surface area contributed by atoms with Crippen molar-refractivity contribution in [1.82, 2.24) is 5.32 Å². The molecular formula is C16H18N2O3. The van der Waals surface area contributed by atoms with Gasteiger partial charge < -0.3 is 15.7 Å². The molecule has 2 unspecified atom stereocenters. The Morgan fingerprint density at radius 3 is 2.90 bits per heavy atom. The fourth-order valence-corrected chi connectivity index (χ4v) is 2.69. The zero-order chi connectivity index (χ0) is 15.2. The van der Waals surface area contributed by atoms with Gasteiger partial charge >= 0.3 is 12.0 Å². The second-order valence-electron chi connectivity index (χ2n) is 5.20. The second kappa shape index (κ2) is 6.80. The molecule has 0 aliphatic heterocycles. The molecule has 2 rings (SSSR count). The van der Waals surface area contributed by atoms with Gasteiger partial charge in [-0.2, -0.15) is 0 Å². The molecule has 1 aliphatic rings. The van der Waals surface area contributed by atoms with Crippen molar-refractivity contribution in [3.8, 4) is 12.3 Å². The number of terminal acetylenes is 1. The van der Waals surface area contributed by atoms with Crippen molar-refractivity contribution in [2.24, 2.45) is 11.8 Å². The summed E-state index contributed by atoms with van der Waals surface area (Å²) in [5.74, 6) is 1.38. The number of aliphatic carboxylic acids is 1. The van der Waals surface area contributed by atoms with E-state index in [1.807, 2.05) is 0 Å². The minimum Gasteiger partial charge on any atom is -0.481 e. The van der Waals surface area contributed by atoms with Crippen molar-refractivity contribution in [3.63, 3.8) is 0 Å². The van der Waals surface area contributed by atoms with Crippen LogP contribution in [-0.2, 0) is 4.79 Å². The average Bonchev–Trinajstić information content (AvgIpc) is 2.94. The van der Waals surface area contributed by atoms with Crippen molar-refractivity contribution in [1.29, 1.82) is 0 Å². The van der Waals surface area contributed by atoms with Crippen LogP contribution in [0.25, 0.3) is 0 Å². The lowest BCUT2D eigenvalue weighted by Gasteiger charge is -2.16. The largest absolute Gasteiger partial charge is 0.481 e. The minimum absolute atomic E-state index is 0.00490. The molecule has 0 radical (unpaired) electrons. The molecule has 1 aliphatic carbocycles. The predicted molar refractivity (Wildman–Crippen MR) is 79.9 cm³/mol. The van der Waals surface area contributed by atoms with Gasteiger partial charge in [-0.3, -0.25) is 4.79 Å². The highest BCUT2D eigenvalue weighted by molar-refractivity contribution is 5.89. The number of rotatable bonds is 4.